The largest absolute Gasteiger partial charge is 0.305 e. The van der Waals surface area contributed by atoms with Gasteiger partial charge in [0.05, 0.1) is 0 Å². The van der Waals surface area contributed by atoms with Crippen LogP contribution in [-0.2, 0) is 6.54 Å². The molecular weight excluding hydrogens is 134 g/mol. The van der Waals surface area contributed by atoms with Gasteiger partial charge in [-0.2, -0.15) is 0 Å². The SMILES string of the molecule is Cc1nnc2n1CCS2. The lowest BCUT2D eigenvalue weighted by molar-refractivity contribution is 0.697. The Hall–Kier alpha value is -0.510. The molecule has 2 heterocycles. The average molecular weight is 141 g/mol. The van der Waals surface area contributed by atoms with Crippen molar-refractivity contribution in [2.24, 2.45) is 0 Å². The van der Waals surface area contributed by atoms with E-state index < -0.39 is 0 Å². The molecule has 0 saturated carbocycles. The molecule has 0 saturated heterocycles. The number of thioether (sulfide) groups is 1. The number of fused-ring (bicyclic) bond motifs is 1. The Balaban J connectivity index is 2.56. The molecule has 1 aromatic rings. The molecule has 0 bridgehead atoms. The Bertz CT molecular complexity index is 230. The molecule has 0 N–H and O–H groups in total. The molecule has 0 aromatic carbocycles. The Labute approximate surface area is 57.5 Å². The van der Waals surface area contributed by atoms with E-state index in [1.54, 1.807) is 11.8 Å². The van der Waals surface area contributed by atoms with Gasteiger partial charge in [-0.15, -0.1) is 10.2 Å². The maximum absolute atomic E-state index is 3.97. The van der Waals surface area contributed by atoms with Gasteiger partial charge in [0.25, 0.3) is 0 Å². The summed E-state index contributed by atoms with van der Waals surface area (Å²) in [4.78, 5) is 0. The van der Waals surface area contributed by atoms with Gasteiger partial charge in [-0.3, -0.25) is 0 Å². The first-order valence-corrected chi connectivity index (χ1v) is 3.89. The van der Waals surface area contributed by atoms with E-state index in [4.69, 9.17) is 0 Å². The second kappa shape index (κ2) is 1.73. The summed E-state index contributed by atoms with van der Waals surface area (Å²) >= 11 is 1.78. The highest BCUT2D eigenvalue weighted by atomic mass is 32.2. The monoisotopic (exact) mass is 141 g/mol. The van der Waals surface area contributed by atoms with E-state index in [1.165, 1.54) is 0 Å². The minimum Gasteiger partial charge on any atom is -0.305 e. The molecule has 1 aliphatic heterocycles. The van der Waals surface area contributed by atoms with Crippen LogP contribution < -0.4 is 0 Å². The van der Waals surface area contributed by atoms with Gasteiger partial charge in [0.15, 0.2) is 5.16 Å². The molecule has 3 nitrogen and oxygen atoms in total. The predicted octanol–water partition coefficient (Wildman–Crippen LogP) is 0.692. The molecule has 1 aliphatic rings. The molecule has 0 spiro atoms. The first-order valence-electron chi connectivity index (χ1n) is 2.90. The van der Waals surface area contributed by atoms with E-state index in [2.05, 4.69) is 14.8 Å². The summed E-state index contributed by atoms with van der Waals surface area (Å²) < 4.78 is 2.14. The van der Waals surface area contributed by atoms with Crippen molar-refractivity contribution in [3.63, 3.8) is 0 Å². The molecule has 0 unspecified atom stereocenters. The zero-order chi connectivity index (χ0) is 6.27. The van der Waals surface area contributed by atoms with E-state index in [1.807, 2.05) is 6.92 Å². The van der Waals surface area contributed by atoms with Crippen LogP contribution in [-0.4, -0.2) is 20.5 Å². The molecule has 0 radical (unpaired) electrons. The Morgan fingerprint density at radius 3 is 3.22 bits per heavy atom. The third-order valence-corrected chi connectivity index (χ3v) is 2.39. The normalized spacial score (nSPS) is 16.1. The van der Waals surface area contributed by atoms with Crippen LogP contribution in [0.3, 0.4) is 0 Å². The first kappa shape index (κ1) is 5.29. The van der Waals surface area contributed by atoms with Gasteiger partial charge in [0.1, 0.15) is 5.82 Å². The molecule has 4 heteroatoms. The second-order valence-corrected chi connectivity index (χ2v) is 3.09. The van der Waals surface area contributed by atoms with E-state index in [0.29, 0.717) is 0 Å². The average Bonchev–Trinajstić information content (AvgIpc) is 2.35. The standard InChI is InChI=1S/C5H7N3S/c1-4-6-7-5-8(4)2-3-9-5/h2-3H2,1H3. The number of aryl methyl sites for hydroxylation is 1. The molecule has 0 atom stereocenters. The van der Waals surface area contributed by atoms with Gasteiger partial charge in [-0.25, -0.2) is 0 Å². The number of hydrogen-bond acceptors (Lipinski definition) is 3. The van der Waals surface area contributed by atoms with Crippen LogP contribution in [0.5, 0.6) is 0 Å². The lowest BCUT2D eigenvalue weighted by atomic mass is 10.6. The molecular formula is C5H7N3S. The molecule has 9 heavy (non-hydrogen) atoms. The van der Waals surface area contributed by atoms with Crippen molar-refractivity contribution in [2.75, 3.05) is 5.75 Å². The fourth-order valence-electron chi connectivity index (χ4n) is 0.954. The molecule has 48 valence electrons. The van der Waals surface area contributed by atoms with Crippen molar-refractivity contribution in [1.29, 1.82) is 0 Å². The molecule has 1 aromatic heterocycles. The van der Waals surface area contributed by atoms with Gasteiger partial charge in [-0.05, 0) is 6.92 Å². The summed E-state index contributed by atoms with van der Waals surface area (Å²) in [5.74, 6) is 2.20. The maximum atomic E-state index is 3.97. The van der Waals surface area contributed by atoms with Crippen LogP contribution in [0.4, 0.5) is 0 Å². The van der Waals surface area contributed by atoms with Crippen LogP contribution in [0.1, 0.15) is 5.82 Å². The van der Waals surface area contributed by atoms with Crippen LogP contribution in [0.2, 0.25) is 0 Å². The second-order valence-electron chi connectivity index (χ2n) is 2.03. The Morgan fingerprint density at radius 1 is 1.56 bits per heavy atom. The lowest BCUT2D eigenvalue weighted by Gasteiger charge is -1.91. The molecule has 0 aliphatic carbocycles. The van der Waals surface area contributed by atoms with Crippen LogP contribution >= 0.6 is 11.8 Å². The summed E-state index contributed by atoms with van der Waals surface area (Å²) in [7, 11) is 0. The highest BCUT2D eigenvalue weighted by molar-refractivity contribution is 7.99. The summed E-state index contributed by atoms with van der Waals surface area (Å²) in [6.07, 6.45) is 0. The van der Waals surface area contributed by atoms with Crippen molar-refractivity contribution in [3.05, 3.63) is 5.82 Å². The molecule has 2 rings (SSSR count). The van der Waals surface area contributed by atoms with Crippen LogP contribution in [0, 0.1) is 6.92 Å². The van der Waals surface area contributed by atoms with E-state index in [0.717, 1.165) is 23.3 Å². The third-order valence-electron chi connectivity index (χ3n) is 1.45. The van der Waals surface area contributed by atoms with E-state index in [-0.39, 0.29) is 0 Å². The maximum Gasteiger partial charge on any atom is 0.191 e. The highest BCUT2D eigenvalue weighted by Crippen LogP contribution is 2.23. The van der Waals surface area contributed by atoms with Crippen LogP contribution in [0.25, 0.3) is 0 Å². The fourth-order valence-corrected chi connectivity index (χ4v) is 1.89. The minimum absolute atomic E-state index is 1.04. The smallest absolute Gasteiger partial charge is 0.191 e. The van der Waals surface area contributed by atoms with Crippen molar-refractivity contribution in [2.45, 2.75) is 18.6 Å². The lowest BCUT2D eigenvalue weighted by Crippen LogP contribution is -1.95. The Morgan fingerprint density at radius 2 is 2.44 bits per heavy atom. The highest BCUT2D eigenvalue weighted by Gasteiger charge is 2.14. The molecule has 0 fully saturated rings. The molecule has 0 amide bonds. The fraction of sp³-hybridized carbons (Fsp3) is 0.600. The number of hydrogen-bond donors (Lipinski definition) is 0. The summed E-state index contributed by atoms with van der Waals surface area (Å²) in [5, 5.41) is 8.98. The number of aromatic nitrogens is 3. The topological polar surface area (TPSA) is 30.7 Å². The minimum atomic E-state index is 1.04. The van der Waals surface area contributed by atoms with Gasteiger partial charge in [0.2, 0.25) is 0 Å². The van der Waals surface area contributed by atoms with Gasteiger partial charge >= 0.3 is 0 Å². The zero-order valence-corrected chi connectivity index (χ0v) is 5.98. The van der Waals surface area contributed by atoms with Gasteiger partial charge in [-0.1, -0.05) is 11.8 Å². The van der Waals surface area contributed by atoms with Gasteiger partial charge < -0.3 is 4.57 Å². The van der Waals surface area contributed by atoms with E-state index >= 15 is 0 Å². The first-order chi connectivity index (χ1) is 4.38. The van der Waals surface area contributed by atoms with Crippen molar-refractivity contribution < 1.29 is 0 Å². The number of nitrogens with zero attached hydrogens (tertiary/aromatic N) is 3. The predicted molar refractivity (Wildman–Crippen MR) is 35.5 cm³/mol. The van der Waals surface area contributed by atoms with Gasteiger partial charge in [0, 0.05) is 12.3 Å². The van der Waals surface area contributed by atoms with Crippen LogP contribution in [0.15, 0.2) is 5.16 Å². The zero-order valence-electron chi connectivity index (χ0n) is 5.16. The summed E-state index contributed by atoms with van der Waals surface area (Å²) in [6, 6.07) is 0. The quantitative estimate of drug-likeness (QED) is 0.532. The van der Waals surface area contributed by atoms with Crippen molar-refractivity contribution >= 4 is 11.8 Å². The third kappa shape index (κ3) is 0.660. The summed E-state index contributed by atoms with van der Waals surface area (Å²) in [5.41, 5.74) is 0. The Kier molecular flexibility index (Phi) is 1.02. The van der Waals surface area contributed by atoms with E-state index in [9.17, 15) is 0 Å². The van der Waals surface area contributed by atoms with Crippen molar-refractivity contribution in [1.82, 2.24) is 14.8 Å². The van der Waals surface area contributed by atoms with Crippen molar-refractivity contribution in [3.8, 4) is 0 Å². The number of rotatable bonds is 0. The summed E-state index contributed by atoms with van der Waals surface area (Å²) in [6.45, 7) is 3.07.